The second-order valence-corrected chi connectivity index (χ2v) is 7.42. The summed E-state index contributed by atoms with van der Waals surface area (Å²) in [5, 5.41) is 13.4. The molecule has 0 saturated carbocycles. The van der Waals surface area contributed by atoms with Crippen molar-refractivity contribution >= 4 is 39.1 Å². The first-order chi connectivity index (χ1) is 8.20. The van der Waals surface area contributed by atoms with Crippen LogP contribution < -0.4 is 5.32 Å². The first-order valence-corrected chi connectivity index (χ1v) is 7.14. The largest absolute Gasteiger partial charge is 0.481 e. The molecule has 0 aliphatic rings. The summed E-state index contributed by atoms with van der Waals surface area (Å²) in [6.45, 7) is 5.72. The highest BCUT2D eigenvalue weighted by molar-refractivity contribution is 9.11. The molecule has 0 saturated heterocycles. The Hall–Kier alpha value is -0.880. The molecule has 1 aromatic rings. The Morgan fingerprint density at radius 2 is 2.11 bits per heavy atom. The molecule has 0 fully saturated rings. The first kappa shape index (κ1) is 15.2. The summed E-state index contributed by atoms with van der Waals surface area (Å²) in [7, 11) is 0. The number of rotatable bonds is 4. The van der Waals surface area contributed by atoms with E-state index in [0.29, 0.717) is 5.56 Å². The summed E-state index contributed by atoms with van der Waals surface area (Å²) in [6.07, 6.45) is -0.0828. The van der Waals surface area contributed by atoms with Gasteiger partial charge in [0.25, 0.3) is 5.91 Å². The van der Waals surface area contributed by atoms with Gasteiger partial charge in [0, 0.05) is 11.4 Å². The number of carboxylic acid groups (broad SMARTS) is 1. The normalized spacial score (nSPS) is 13.1. The van der Waals surface area contributed by atoms with Gasteiger partial charge in [0.2, 0.25) is 0 Å². The third-order valence-corrected chi connectivity index (χ3v) is 4.06. The average Bonchev–Trinajstić information content (AvgIpc) is 2.61. The minimum Gasteiger partial charge on any atom is -0.481 e. The minimum atomic E-state index is -0.915. The predicted octanol–water partition coefficient (Wildman–Crippen LogP) is 3.13. The monoisotopic (exact) mass is 333 g/mol. The maximum absolute atomic E-state index is 12.0. The van der Waals surface area contributed by atoms with E-state index in [9.17, 15) is 9.59 Å². The highest BCUT2D eigenvalue weighted by Crippen LogP contribution is 2.24. The zero-order valence-electron chi connectivity index (χ0n) is 10.5. The van der Waals surface area contributed by atoms with Crippen molar-refractivity contribution in [3.63, 3.8) is 0 Å². The topological polar surface area (TPSA) is 66.4 Å². The molecule has 0 spiro atoms. The maximum atomic E-state index is 12.0. The Morgan fingerprint density at radius 1 is 1.50 bits per heavy atom. The van der Waals surface area contributed by atoms with Crippen molar-refractivity contribution < 1.29 is 14.7 Å². The molecule has 6 heteroatoms. The number of halogens is 1. The molecule has 0 radical (unpaired) electrons. The van der Waals surface area contributed by atoms with Crippen molar-refractivity contribution in [2.24, 2.45) is 5.41 Å². The van der Waals surface area contributed by atoms with Crippen LogP contribution in [0.4, 0.5) is 0 Å². The van der Waals surface area contributed by atoms with E-state index < -0.39 is 12.0 Å². The van der Waals surface area contributed by atoms with E-state index in [0.717, 1.165) is 3.79 Å². The Morgan fingerprint density at radius 3 is 2.50 bits per heavy atom. The maximum Gasteiger partial charge on any atom is 0.305 e. The summed E-state index contributed by atoms with van der Waals surface area (Å²) in [5.41, 5.74) is 0.243. The van der Waals surface area contributed by atoms with Gasteiger partial charge in [-0.25, -0.2) is 0 Å². The van der Waals surface area contributed by atoms with Crippen LogP contribution in [0.3, 0.4) is 0 Å². The molecule has 1 aromatic heterocycles. The van der Waals surface area contributed by atoms with Crippen LogP contribution >= 0.6 is 27.3 Å². The number of carboxylic acids is 1. The minimum absolute atomic E-state index is 0.0828. The lowest BCUT2D eigenvalue weighted by atomic mass is 9.84. The van der Waals surface area contributed by atoms with Crippen LogP contribution in [0, 0.1) is 5.41 Å². The third kappa shape index (κ3) is 4.42. The van der Waals surface area contributed by atoms with Crippen molar-refractivity contribution in [3.8, 4) is 0 Å². The fourth-order valence-corrected chi connectivity index (χ4v) is 2.56. The van der Waals surface area contributed by atoms with E-state index in [1.165, 1.54) is 11.3 Å². The molecule has 1 heterocycles. The highest BCUT2D eigenvalue weighted by Gasteiger charge is 2.28. The highest BCUT2D eigenvalue weighted by atomic mass is 79.9. The zero-order chi connectivity index (χ0) is 13.9. The van der Waals surface area contributed by atoms with Crippen LogP contribution in [0.15, 0.2) is 15.2 Å². The first-order valence-electron chi connectivity index (χ1n) is 5.47. The summed E-state index contributed by atoms with van der Waals surface area (Å²) < 4.78 is 0.873. The standard InChI is InChI=1S/C12H16BrNO3S/c1-12(2,3)8(5-10(15)16)14-11(17)7-4-9(13)18-6-7/h4,6,8H,5H2,1-3H3,(H,14,17)(H,15,16). The number of carbonyl (C=O) groups is 2. The number of aliphatic carboxylic acids is 1. The Labute approximate surface area is 119 Å². The van der Waals surface area contributed by atoms with Crippen LogP contribution in [0.25, 0.3) is 0 Å². The fraction of sp³-hybridized carbons (Fsp3) is 0.500. The van der Waals surface area contributed by atoms with E-state index in [-0.39, 0.29) is 17.7 Å². The van der Waals surface area contributed by atoms with E-state index in [4.69, 9.17) is 5.11 Å². The van der Waals surface area contributed by atoms with Gasteiger partial charge in [-0.15, -0.1) is 11.3 Å². The Balaban J connectivity index is 2.78. The molecule has 2 N–H and O–H groups in total. The summed E-state index contributed by atoms with van der Waals surface area (Å²) in [5.74, 6) is -1.15. The van der Waals surface area contributed by atoms with E-state index in [1.807, 2.05) is 20.8 Å². The molecule has 1 amide bonds. The lowest BCUT2D eigenvalue weighted by Gasteiger charge is -2.30. The lowest BCUT2D eigenvalue weighted by Crippen LogP contribution is -2.44. The number of carbonyl (C=O) groups excluding carboxylic acids is 1. The third-order valence-electron chi connectivity index (χ3n) is 2.56. The SMILES string of the molecule is CC(C)(C)C(CC(=O)O)NC(=O)c1csc(Br)c1. The van der Waals surface area contributed by atoms with Gasteiger partial charge in [0.15, 0.2) is 0 Å². The molecule has 100 valence electrons. The summed E-state index contributed by atoms with van der Waals surface area (Å²) >= 11 is 4.71. The molecule has 18 heavy (non-hydrogen) atoms. The van der Waals surface area contributed by atoms with Crippen molar-refractivity contribution in [2.75, 3.05) is 0 Å². The van der Waals surface area contributed by atoms with Gasteiger partial charge in [-0.2, -0.15) is 0 Å². The van der Waals surface area contributed by atoms with Gasteiger partial charge in [0.05, 0.1) is 15.8 Å². The number of hydrogen-bond acceptors (Lipinski definition) is 3. The van der Waals surface area contributed by atoms with Gasteiger partial charge >= 0.3 is 5.97 Å². The van der Waals surface area contributed by atoms with Crippen LogP contribution in [0.2, 0.25) is 0 Å². The number of hydrogen-bond donors (Lipinski definition) is 2. The molecule has 0 aromatic carbocycles. The average molecular weight is 334 g/mol. The van der Waals surface area contributed by atoms with Gasteiger partial charge < -0.3 is 10.4 Å². The quantitative estimate of drug-likeness (QED) is 0.889. The van der Waals surface area contributed by atoms with E-state index >= 15 is 0 Å². The Kier molecular flexibility index (Phi) is 4.92. The van der Waals surface area contributed by atoms with Crippen molar-refractivity contribution in [1.82, 2.24) is 5.32 Å². The van der Waals surface area contributed by atoms with Crippen molar-refractivity contribution in [2.45, 2.75) is 33.2 Å². The van der Waals surface area contributed by atoms with Crippen LogP contribution in [0.1, 0.15) is 37.6 Å². The van der Waals surface area contributed by atoms with Gasteiger partial charge in [0.1, 0.15) is 0 Å². The Bertz CT molecular complexity index is 450. The molecule has 1 rings (SSSR count). The summed E-state index contributed by atoms with van der Waals surface area (Å²) in [4.78, 5) is 22.8. The molecular weight excluding hydrogens is 318 g/mol. The molecule has 0 aliphatic heterocycles. The second kappa shape index (κ2) is 5.84. The molecule has 1 atom stereocenters. The molecule has 0 aliphatic carbocycles. The van der Waals surface area contributed by atoms with Crippen LogP contribution in [-0.4, -0.2) is 23.0 Å². The van der Waals surface area contributed by atoms with E-state index in [1.54, 1.807) is 11.4 Å². The smallest absolute Gasteiger partial charge is 0.305 e. The number of nitrogens with one attached hydrogen (secondary N) is 1. The number of thiophene rings is 1. The zero-order valence-corrected chi connectivity index (χ0v) is 12.9. The predicted molar refractivity (Wildman–Crippen MR) is 75.0 cm³/mol. The molecule has 4 nitrogen and oxygen atoms in total. The summed E-state index contributed by atoms with van der Waals surface area (Å²) in [6, 6.07) is 1.32. The van der Waals surface area contributed by atoms with Gasteiger partial charge in [-0.05, 0) is 27.4 Å². The van der Waals surface area contributed by atoms with Crippen molar-refractivity contribution in [1.29, 1.82) is 0 Å². The molecular formula is C12H16BrNO3S. The van der Waals surface area contributed by atoms with Gasteiger partial charge in [-0.1, -0.05) is 20.8 Å². The van der Waals surface area contributed by atoms with Crippen LogP contribution in [-0.2, 0) is 4.79 Å². The lowest BCUT2D eigenvalue weighted by molar-refractivity contribution is -0.138. The number of amides is 1. The van der Waals surface area contributed by atoms with Crippen molar-refractivity contribution in [3.05, 3.63) is 20.8 Å². The fourth-order valence-electron chi connectivity index (χ4n) is 1.42. The van der Waals surface area contributed by atoms with Crippen LogP contribution in [0.5, 0.6) is 0 Å². The molecule has 0 bridgehead atoms. The second-order valence-electron chi connectivity index (χ2n) is 5.13. The van der Waals surface area contributed by atoms with Gasteiger partial charge in [-0.3, -0.25) is 9.59 Å². The molecule has 1 unspecified atom stereocenters. The van der Waals surface area contributed by atoms with E-state index in [2.05, 4.69) is 21.2 Å².